The number of halogens is 2. The van der Waals surface area contributed by atoms with Crippen LogP contribution in [0.25, 0.3) is 0 Å². The van der Waals surface area contributed by atoms with Gasteiger partial charge in [0.2, 0.25) is 0 Å². The number of carbonyl (C=O) groups excluding carboxylic acids is 1. The molecule has 0 bridgehead atoms. The van der Waals surface area contributed by atoms with Gasteiger partial charge in [0, 0.05) is 25.0 Å². The number of fused-ring (bicyclic) bond motifs is 1. The number of nitrogens with one attached hydrogen (secondary N) is 2. The van der Waals surface area contributed by atoms with Crippen molar-refractivity contribution in [1.29, 1.82) is 0 Å². The molecule has 2 aromatic rings. The third-order valence-electron chi connectivity index (χ3n) is 3.89. The molecule has 0 radical (unpaired) electrons. The van der Waals surface area contributed by atoms with E-state index >= 15 is 0 Å². The first-order valence-electron chi connectivity index (χ1n) is 7.39. The molecular formula is C16H15Cl2N3O3S. The molecule has 25 heavy (non-hydrogen) atoms. The topological polar surface area (TPSA) is 78.5 Å². The van der Waals surface area contributed by atoms with Crippen LogP contribution in [0.3, 0.4) is 0 Å². The van der Waals surface area contributed by atoms with Gasteiger partial charge in [-0.1, -0.05) is 23.2 Å². The van der Waals surface area contributed by atoms with Crippen molar-refractivity contribution in [2.45, 2.75) is 11.3 Å². The van der Waals surface area contributed by atoms with Gasteiger partial charge in [-0.05, 0) is 48.4 Å². The largest absolute Gasteiger partial charge is 0.374 e. The highest BCUT2D eigenvalue weighted by molar-refractivity contribution is 7.90. The molecule has 0 saturated carbocycles. The zero-order chi connectivity index (χ0) is 18.2. The lowest BCUT2D eigenvalue weighted by molar-refractivity contribution is 0.256. The average Bonchev–Trinajstić information content (AvgIpc) is 2.91. The number of anilines is 2. The Morgan fingerprint density at radius 3 is 2.60 bits per heavy atom. The SMILES string of the molecule is CN1CCc2cc(S(=O)(=O)NC(=O)Nc3ccc(Cl)c(Cl)c3)ccc21. The number of rotatable bonds is 3. The van der Waals surface area contributed by atoms with Gasteiger partial charge < -0.3 is 10.2 Å². The molecule has 132 valence electrons. The van der Waals surface area contributed by atoms with Crippen LogP contribution in [-0.2, 0) is 16.4 Å². The molecule has 0 unspecified atom stereocenters. The third kappa shape index (κ3) is 3.84. The number of urea groups is 1. The minimum Gasteiger partial charge on any atom is -0.374 e. The van der Waals surface area contributed by atoms with Crippen LogP contribution in [0.4, 0.5) is 16.2 Å². The van der Waals surface area contributed by atoms with Crippen molar-refractivity contribution in [2.75, 3.05) is 23.8 Å². The smallest absolute Gasteiger partial charge is 0.333 e. The second-order valence-corrected chi connectivity index (χ2v) is 8.15. The number of nitrogens with zero attached hydrogens (tertiary/aromatic N) is 1. The summed E-state index contributed by atoms with van der Waals surface area (Å²) in [7, 11) is -2.03. The molecule has 0 aromatic heterocycles. The highest BCUT2D eigenvalue weighted by Crippen LogP contribution is 2.29. The normalized spacial score (nSPS) is 13.5. The van der Waals surface area contributed by atoms with Crippen LogP contribution >= 0.6 is 23.2 Å². The Kier molecular flexibility index (Phi) is 4.81. The number of hydrogen-bond acceptors (Lipinski definition) is 4. The summed E-state index contributed by atoms with van der Waals surface area (Å²) in [5.41, 5.74) is 2.27. The van der Waals surface area contributed by atoms with E-state index in [4.69, 9.17) is 23.2 Å². The van der Waals surface area contributed by atoms with E-state index in [0.29, 0.717) is 10.7 Å². The minimum absolute atomic E-state index is 0.0471. The van der Waals surface area contributed by atoms with Crippen LogP contribution in [0.5, 0.6) is 0 Å². The fourth-order valence-corrected chi connectivity index (χ4v) is 3.88. The Bertz CT molecular complexity index is 948. The summed E-state index contributed by atoms with van der Waals surface area (Å²) in [6.45, 7) is 0.837. The number of hydrogen-bond donors (Lipinski definition) is 2. The average molecular weight is 400 g/mol. The van der Waals surface area contributed by atoms with E-state index in [1.807, 2.05) is 11.8 Å². The van der Waals surface area contributed by atoms with Gasteiger partial charge in [-0.3, -0.25) is 0 Å². The van der Waals surface area contributed by atoms with Crippen molar-refractivity contribution in [3.8, 4) is 0 Å². The predicted octanol–water partition coefficient (Wildman–Crippen LogP) is 3.50. The molecular weight excluding hydrogens is 385 g/mol. The Balaban J connectivity index is 1.75. The van der Waals surface area contributed by atoms with Crippen LogP contribution in [0.2, 0.25) is 10.0 Å². The molecule has 2 N–H and O–H groups in total. The Labute approximate surface area is 155 Å². The lowest BCUT2D eigenvalue weighted by atomic mass is 10.2. The quantitative estimate of drug-likeness (QED) is 0.827. The van der Waals surface area contributed by atoms with Crippen LogP contribution in [0, 0.1) is 0 Å². The molecule has 3 rings (SSSR count). The molecule has 0 atom stereocenters. The molecule has 0 saturated heterocycles. The maximum absolute atomic E-state index is 12.4. The predicted molar refractivity (Wildman–Crippen MR) is 99.2 cm³/mol. The van der Waals surface area contributed by atoms with Crippen LogP contribution in [-0.4, -0.2) is 28.0 Å². The van der Waals surface area contributed by atoms with Gasteiger partial charge in [0.1, 0.15) is 0 Å². The number of sulfonamides is 1. The number of carbonyl (C=O) groups is 1. The minimum atomic E-state index is -3.98. The summed E-state index contributed by atoms with van der Waals surface area (Å²) in [5.74, 6) is 0. The van der Waals surface area contributed by atoms with Gasteiger partial charge >= 0.3 is 6.03 Å². The molecule has 6 nitrogen and oxygen atoms in total. The fraction of sp³-hybridized carbons (Fsp3) is 0.188. The van der Waals surface area contributed by atoms with Crippen molar-refractivity contribution >= 4 is 50.6 Å². The van der Waals surface area contributed by atoms with E-state index in [9.17, 15) is 13.2 Å². The van der Waals surface area contributed by atoms with E-state index in [1.54, 1.807) is 12.1 Å². The molecule has 9 heteroatoms. The van der Waals surface area contributed by atoms with Crippen molar-refractivity contribution in [3.63, 3.8) is 0 Å². The first-order chi connectivity index (χ1) is 11.8. The van der Waals surface area contributed by atoms with E-state index in [2.05, 4.69) is 10.2 Å². The lowest BCUT2D eigenvalue weighted by Crippen LogP contribution is -2.34. The van der Waals surface area contributed by atoms with Gasteiger partial charge in [0.25, 0.3) is 10.0 Å². The van der Waals surface area contributed by atoms with Gasteiger partial charge in [0.15, 0.2) is 0 Å². The number of amides is 2. The van der Waals surface area contributed by atoms with E-state index < -0.39 is 16.1 Å². The van der Waals surface area contributed by atoms with Gasteiger partial charge in [-0.2, -0.15) is 0 Å². The van der Waals surface area contributed by atoms with Gasteiger partial charge in [-0.15, -0.1) is 0 Å². The molecule has 1 heterocycles. The summed E-state index contributed by atoms with van der Waals surface area (Å²) < 4.78 is 26.8. The summed E-state index contributed by atoms with van der Waals surface area (Å²) in [6, 6.07) is 8.39. The standard InChI is InChI=1S/C16H15Cl2N3O3S/c1-21-7-6-10-8-12(3-5-15(10)21)25(23,24)20-16(22)19-11-2-4-13(17)14(18)9-11/h2-5,8-9H,6-7H2,1H3,(H2,19,20,22). The molecule has 0 spiro atoms. The Morgan fingerprint density at radius 1 is 1.12 bits per heavy atom. The fourth-order valence-electron chi connectivity index (χ4n) is 2.62. The number of benzene rings is 2. The van der Waals surface area contributed by atoms with Crippen molar-refractivity contribution < 1.29 is 13.2 Å². The van der Waals surface area contributed by atoms with Crippen molar-refractivity contribution in [1.82, 2.24) is 4.72 Å². The molecule has 1 aliphatic rings. The maximum Gasteiger partial charge on any atom is 0.333 e. The molecule has 1 aliphatic heterocycles. The first kappa shape index (κ1) is 17.8. The molecule has 2 aromatic carbocycles. The zero-order valence-corrected chi connectivity index (χ0v) is 15.5. The van der Waals surface area contributed by atoms with Crippen LogP contribution < -0.4 is 14.9 Å². The Morgan fingerprint density at radius 2 is 1.88 bits per heavy atom. The highest BCUT2D eigenvalue weighted by Gasteiger charge is 2.22. The molecule has 0 aliphatic carbocycles. The van der Waals surface area contributed by atoms with Gasteiger partial charge in [0.05, 0.1) is 14.9 Å². The summed E-state index contributed by atoms with van der Waals surface area (Å²) in [4.78, 5) is 14.1. The van der Waals surface area contributed by atoms with E-state index in [1.165, 1.54) is 24.3 Å². The van der Waals surface area contributed by atoms with Crippen molar-refractivity contribution in [2.24, 2.45) is 0 Å². The lowest BCUT2D eigenvalue weighted by Gasteiger charge is -2.13. The molecule has 0 fully saturated rings. The monoisotopic (exact) mass is 399 g/mol. The molecule has 2 amide bonds. The second-order valence-electron chi connectivity index (χ2n) is 5.65. The first-order valence-corrected chi connectivity index (χ1v) is 9.63. The summed E-state index contributed by atoms with van der Waals surface area (Å²) >= 11 is 11.7. The van der Waals surface area contributed by atoms with Crippen LogP contribution in [0.15, 0.2) is 41.3 Å². The second kappa shape index (κ2) is 6.74. The summed E-state index contributed by atoms with van der Waals surface area (Å²) in [6.07, 6.45) is 0.769. The Hall–Kier alpha value is -1.96. The van der Waals surface area contributed by atoms with Crippen molar-refractivity contribution in [3.05, 3.63) is 52.0 Å². The number of likely N-dealkylation sites (N-methyl/N-ethyl adjacent to an activating group) is 1. The summed E-state index contributed by atoms with van der Waals surface area (Å²) in [5, 5.41) is 3.01. The van der Waals surface area contributed by atoms with E-state index in [0.717, 1.165) is 24.2 Å². The maximum atomic E-state index is 12.4. The van der Waals surface area contributed by atoms with E-state index in [-0.39, 0.29) is 9.92 Å². The van der Waals surface area contributed by atoms with Crippen LogP contribution in [0.1, 0.15) is 5.56 Å². The zero-order valence-electron chi connectivity index (χ0n) is 13.2. The third-order valence-corrected chi connectivity index (χ3v) is 5.96. The highest BCUT2D eigenvalue weighted by atomic mass is 35.5. The van der Waals surface area contributed by atoms with Gasteiger partial charge in [-0.25, -0.2) is 17.9 Å².